The maximum Gasteiger partial charge on any atom is 0.186 e. The fourth-order valence-corrected chi connectivity index (χ4v) is 7.18. The normalized spacial score (nSPS) is 28.4. The Hall–Kier alpha value is -2.04. The average molecular weight is 541 g/mol. The van der Waals surface area contributed by atoms with Crippen molar-refractivity contribution in [3.8, 4) is 0 Å². The average Bonchev–Trinajstić information content (AvgIpc) is 2.96. The Bertz CT molecular complexity index is 1120. The second kappa shape index (κ2) is 13.2. The van der Waals surface area contributed by atoms with Gasteiger partial charge in [-0.05, 0) is 23.3 Å². The van der Waals surface area contributed by atoms with E-state index >= 15 is 0 Å². The van der Waals surface area contributed by atoms with Gasteiger partial charge in [-0.3, -0.25) is 4.21 Å². The maximum atomic E-state index is 13.0. The Morgan fingerprint density at radius 1 is 0.811 bits per heavy atom. The van der Waals surface area contributed by atoms with E-state index in [0.29, 0.717) is 24.7 Å². The second-order valence-electron chi connectivity index (χ2n) is 8.99. The van der Waals surface area contributed by atoms with Crippen LogP contribution in [-0.4, -0.2) is 59.0 Å². The summed E-state index contributed by atoms with van der Waals surface area (Å²) in [6, 6.07) is 29.6. The van der Waals surface area contributed by atoms with E-state index in [-0.39, 0.29) is 17.6 Å². The molecule has 0 bridgehead atoms. The van der Waals surface area contributed by atoms with Crippen molar-refractivity contribution in [2.45, 2.75) is 54.3 Å². The maximum absolute atomic E-state index is 13.0. The molecule has 3 aromatic carbocycles. The van der Waals surface area contributed by atoms with Gasteiger partial charge in [-0.1, -0.05) is 78.9 Å². The number of ether oxygens (including phenoxy) is 5. The molecule has 37 heavy (non-hydrogen) atoms. The lowest BCUT2D eigenvalue weighted by molar-refractivity contribution is -0.315. The number of hydrogen-bond acceptors (Lipinski definition) is 7. The molecule has 2 aliphatic rings. The number of rotatable bonds is 10. The van der Waals surface area contributed by atoms with Crippen LogP contribution in [0.5, 0.6) is 0 Å². The monoisotopic (exact) mass is 540 g/mol. The van der Waals surface area contributed by atoms with Gasteiger partial charge in [0.1, 0.15) is 23.7 Å². The Morgan fingerprint density at radius 2 is 1.38 bits per heavy atom. The third-order valence-electron chi connectivity index (χ3n) is 6.44. The Balaban J connectivity index is 1.34. The fourth-order valence-electron chi connectivity index (χ4n) is 4.56. The van der Waals surface area contributed by atoms with E-state index in [4.69, 9.17) is 23.7 Å². The summed E-state index contributed by atoms with van der Waals surface area (Å²) >= 11 is 1.62. The quantitative estimate of drug-likeness (QED) is 0.366. The molecule has 2 fully saturated rings. The predicted octanol–water partition coefficient (Wildman–Crippen LogP) is 4.79. The zero-order chi connectivity index (χ0) is 25.5. The molecule has 7 atom stereocenters. The van der Waals surface area contributed by atoms with Crippen molar-refractivity contribution in [1.29, 1.82) is 0 Å². The molecule has 6 nitrogen and oxygen atoms in total. The summed E-state index contributed by atoms with van der Waals surface area (Å²) in [5.41, 5.74) is 1.87. The van der Waals surface area contributed by atoms with E-state index < -0.39 is 29.3 Å². The minimum atomic E-state index is -1.17. The lowest BCUT2D eigenvalue weighted by Crippen LogP contribution is -2.63. The van der Waals surface area contributed by atoms with Crippen molar-refractivity contribution in [1.82, 2.24) is 0 Å². The molecule has 0 aliphatic carbocycles. The highest BCUT2D eigenvalue weighted by molar-refractivity contribution is 8.00. The van der Waals surface area contributed by atoms with Gasteiger partial charge >= 0.3 is 0 Å². The zero-order valence-corrected chi connectivity index (χ0v) is 22.4. The molecule has 0 amide bonds. The first-order valence-electron chi connectivity index (χ1n) is 12.4. The number of fused-ring (bicyclic) bond motifs is 1. The standard InChI is InChI=1S/C29H32O6S2/c1-31-29-28(33-18-22-13-7-3-8-14-22)27(32-17-21-11-5-2-6-12-21)26-24(34-29)19-36-25(35-26)20-37(30)23-15-9-4-10-16-23/h2-16,24-29H,17-20H2,1H3/t24-,25?,26-,27+,28-,29+,37?/m1/s1. The van der Waals surface area contributed by atoms with Gasteiger partial charge < -0.3 is 23.7 Å². The van der Waals surface area contributed by atoms with Gasteiger partial charge in [0, 0.05) is 17.8 Å². The van der Waals surface area contributed by atoms with Crippen LogP contribution in [0.1, 0.15) is 11.1 Å². The van der Waals surface area contributed by atoms with Crippen molar-refractivity contribution in [2.24, 2.45) is 0 Å². The van der Waals surface area contributed by atoms with Crippen molar-refractivity contribution in [2.75, 3.05) is 18.6 Å². The van der Waals surface area contributed by atoms with Crippen LogP contribution >= 0.6 is 11.8 Å². The highest BCUT2D eigenvalue weighted by Gasteiger charge is 2.51. The molecule has 8 heteroatoms. The van der Waals surface area contributed by atoms with Crippen molar-refractivity contribution >= 4 is 22.6 Å². The number of hydrogen-bond donors (Lipinski definition) is 0. The molecular weight excluding hydrogens is 508 g/mol. The lowest BCUT2D eigenvalue weighted by Gasteiger charge is -2.48. The van der Waals surface area contributed by atoms with Crippen molar-refractivity contribution in [3.63, 3.8) is 0 Å². The summed E-state index contributed by atoms with van der Waals surface area (Å²) in [7, 11) is 0.459. The second-order valence-corrected chi connectivity index (χ2v) is 11.7. The zero-order valence-electron chi connectivity index (χ0n) is 20.7. The molecule has 5 rings (SSSR count). The highest BCUT2D eigenvalue weighted by atomic mass is 32.2. The molecule has 3 aromatic rings. The third-order valence-corrected chi connectivity index (χ3v) is 9.23. The van der Waals surface area contributed by atoms with Gasteiger partial charge in [0.15, 0.2) is 6.29 Å². The molecule has 196 valence electrons. The van der Waals surface area contributed by atoms with Gasteiger partial charge in [-0.15, -0.1) is 11.8 Å². The highest BCUT2D eigenvalue weighted by Crippen LogP contribution is 2.37. The molecule has 0 spiro atoms. The molecule has 0 saturated carbocycles. The summed E-state index contributed by atoms with van der Waals surface area (Å²) in [5, 5.41) is 0. The van der Waals surface area contributed by atoms with E-state index in [2.05, 4.69) is 0 Å². The summed E-state index contributed by atoms with van der Waals surface area (Å²) in [4.78, 5) is 0.800. The SMILES string of the molecule is CO[C@H]1O[C@@H]2CSC(CS(=O)c3ccccc3)O[C@H]2[C@H](OCc2ccccc2)[C@H]1OCc1ccccc1. The molecule has 2 saturated heterocycles. The van der Waals surface area contributed by atoms with E-state index in [9.17, 15) is 4.21 Å². The van der Waals surface area contributed by atoms with Crippen LogP contribution in [0, 0.1) is 0 Å². The first-order valence-corrected chi connectivity index (χ1v) is 14.8. The van der Waals surface area contributed by atoms with Gasteiger partial charge in [-0.25, -0.2) is 0 Å². The smallest absolute Gasteiger partial charge is 0.186 e. The minimum absolute atomic E-state index is 0.228. The van der Waals surface area contributed by atoms with Crippen LogP contribution in [0.15, 0.2) is 95.9 Å². The Kier molecular flexibility index (Phi) is 9.44. The first-order chi connectivity index (χ1) is 18.2. The van der Waals surface area contributed by atoms with E-state index in [1.54, 1.807) is 18.9 Å². The molecule has 0 radical (unpaired) electrons. The minimum Gasteiger partial charge on any atom is -0.368 e. The van der Waals surface area contributed by atoms with Gasteiger partial charge in [0.25, 0.3) is 0 Å². The van der Waals surface area contributed by atoms with Crippen molar-refractivity contribution < 1.29 is 27.9 Å². The largest absolute Gasteiger partial charge is 0.368 e. The Morgan fingerprint density at radius 3 is 1.97 bits per heavy atom. The number of benzene rings is 3. The van der Waals surface area contributed by atoms with Crippen molar-refractivity contribution in [3.05, 3.63) is 102 Å². The summed E-state index contributed by atoms with van der Waals surface area (Å²) in [6.45, 7) is 0.807. The molecule has 0 N–H and O–H groups in total. The summed E-state index contributed by atoms with van der Waals surface area (Å²) < 4.78 is 44.5. The lowest BCUT2D eigenvalue weighted by atomic mass is 9.98. The van der Waals surface area contributed by atoms with Crippen LogP contribution in [0.2, 0.25) is 0 Å². The van der Waals surface area contributed by atoms with Crippen LogP contribution in [-0.2, 0) is 47.7 Å². The molecular formula is C29H32O6S2. The van der Waals surface area contributed by atoms with E-state index in [1.165, 1.54) is 0 Å². The van der Waals surface area contributed by atoms with E-state index in [1.807, 2.05) is 91.0 Å². The molecule has 2 aliphatic heterocycles. The first kappa shape index (κ1) is 26.6. The predicted molar refractivity (Wildman–Crippen MR) is 145 cm³/mol. The van der Waals surface area contributed by atoms with E-state index in [0.717, 1.165) is 16.0 Å². The van der Waals surface area contributed by atoms with Crippen LogP contribution < -0.4 is 0 Å². The van der Waals surface area contributed by atoms with Gasteiger partial charge in [-0.2, -0.15) is 0 Å². The number of thioether (sulfide) groups is 1. The Labute approximate surface area is 225 Å². The van der Waals surface area contributed by atoms with Gasteiger partial charge in [0.2, 0.25) is 0 Å². The van der Waals surface area contributed by atoms with Crippen LogP contribution in [0.25, 0.3) is 0 Å². The van der Waals surface area contributed by atoms with Crippen LogP contribution in [0.4, 0.5) is 0 Å². The fraction of sp³-hybridized carbons (Fsp3) is 0.379. The van der Waals surface area contributed by atoms with Gasteiger partial charge in [0.05, 0.1) is 35.9 Å². The molecule has 0 aromatic heterocycles. The molecule has 2 unspecified atom stereocenters. The number of methoxy groups -OCH3 is 1. The summed E-state index contributed by atoms with van der Waals surface area (Å²) in [5.74, 6) is 1.09. The third kappa shape index (κ3) is 6.89. The van der Waals surface area contributed by atoms with Crippen LogP contribution in [0.3, 0.4) is 0 Å². The molecule has 2 heterocycles. The summed E-state index contributed by atoms with van der Waals surface area (Å²) in [6.07, 6.45) is -2.13. The topological polar surface area (TPSA) is 63.2 Å².